The van der Waals surface area contributed by atoms with Crippen molar-refractivity contribution in [3.8, 4) is 22.8 Å². The van der Waals surface area contributed by atoms with Crippen LogP contribution in [-0.4, -0.2) is 48.5 Å². The Bertz CT molecular complexity index is 1660. The van der Waals surface area contributed by atoms with Crippen LogP contribution in [0.1, 0.15) is 40.5 Å². The molecule has 4 aliphatic carbocycles. The third-order valence-electron chi connectivity index (χ3n) is 8.24. The topological polar surface area (TPSA) is 106 Å². The van der Waals surface area contributed by atoms with E-state index in [0.29, 0.717) is 6.07 Å². The first kappa shape index (κ1) is 27.9. The summed E-state index contributed by atoms with van der Waals surface area (Å²) in [7, 11) is -3.21. The normalized spacial score (nSPS) is 23.8. The van der Waals surface area contributed by atoms with Crippen LogP contribution in [0.2, 0.25) is 0 Å². The molecule has 1 aromatic heterocycles. The minimum atomic E-state index is -4.99. The van der Waals surface area contributed by atoms with E-state index in [4.69, 9.17) is 9.47 Å². The Morgan fingerprint density at radius 2 is 1.73 bits per heavy atom. The second-order valence-corrected chi connectivity index (χ2v) is 13.0. The number of rotatable bonds is 10. The zero-order valence-electron chi connectivity index (χ0n) is 21.5. The molecule has 41 heavy (non-hydrogen) atoms. The van der Waals surface area contributed by atoms with Gasteiger partial charge in [0, 0.05) is 47.0 Å². The van der Waals surface area contributed by atoms with E-state index >= 15 is 4.39 Å². The highest BCUT2D eigenvalue weighted by Crippen LogP contribution is 2.97. The van der Waals surface area contributed by atoms with E-state index < -0.39 is 62.7 Å². The molecule has 7 rings (SSSR count). The third-order valence-corrected chi connectivity index (χ3v) is 9.27. The molecule has 0 saturated heterocycles. The smallest absolute Gasteiger partial charge is 0.417 e. The molecule has 218 valence electrons. The fourth-order valence-corrected chi connectivity index (χ4v) is 6.96. The largest absolute Gasteiger partial charge is 0.493 e. The summed E-state index contributed by atoms with van der Waals surface area (Å²) in [6, 6.07) is 6.01. The lowest BCUT2D eigenvalue weighted by Crippen LogP contribution is -2.16. The van der Waals surface area contributed by atoms with Crippen LogP contribution >= 0.6 is 0 Å². The van der Waals surface area contributed by atoms with Crippen LogP contribution in [0.15, 0.2) is 42.6 Å². The summed E-state index contributed by atoms with van der Waals surface area (Å²) in [5, 5.41) is 19.5. The number of halogens is 5. The molecule has 2 fully saturated rings. The van der Waals surface area contributed by atoms with Gasteiger partial charge < -0.3 is 19.7 Å². The Balaban J connectivity index is 1.22. The Hall–Kier alpha value is -3.29. The minimum Gasteiger partial charge on any atom is -0.493 e. The lowest BCUT2D eigenvalue weighted by molar-refractivity contribution is -0.137. The van der Waals surface area contributed by atoms with E-state index in [-0.39, 0.29) is 53.7 Å². The van der Waals surface area contributed by atoms with Gasteiger partial charge in [-0.05, 0) is 59.2 Å². The van der Waals surface area contributed by atoms with Gasteiger partial charge in [0.1, 0.15) is 33.8 Å². The van der Waals surface area contributed by atoms with Crippen molar-refractivity contribution in [1.82, 2.24) is 4.98 Å². The zero-order chi connectivity index (χ0) is 29.5. The molecule has 1 unspecified atom stereocenters. The van der Waals surface area contributed by atoms with Gasteiger partial charge in [0.05, 0.1) is 17.9 Å². The third kappa shape index (κ3) is 4.63. The SMILES string of the molecule is CS(=O)(=O)CCCOc1ccc(-c2cc(COc3cc4c(cn3)[C@H]3[C@H]5C4[C@]53C(O)O)c(F)cc2C(F)(F)F)c(F)c1. The van der Waals surface area contributed by atoms with Gasteiger partial charge in [0.25, 0.3) is 0 Å². The fraction of sp³-hybridized carbons (Fsp3) is 0.393. The van der Waals surface area contributed by atoms with Gasteiger partial charge in [-0.2, -0.15) is 13.2 Å². The lowest BCUT2D eigenvalue weighted by atomic mass is 9.96. The summed E-state index contributed by atoms with van der Waals surface area (Å²) < 4.78 is 105. The number of nitrogens with zero attached hydrogens (tertiary/aromatic N) is 1. The number of hydrogen-bond donors (Lipinski definition) is 2. The Morgan fingerprint density at radius 3 is 2.37 bits per heavy atom. The van der Waals surface area contributed by atoms with Crippen LogP contribution in [0, 0.1) is 23.0 Å². The van der Waals surface area contributed by atoms with Crippen molar-refractivity contribution < 1.29 is 50.1 Å². The predicted octanol–water partition coefficient (Wildman–Crippen LogP) is 4.56. The standard InChI is InChI=1S/C28H24F5NO6S/c1-41(37,38)6-2-5-39-14-3-4-15(21(30)8-14)16-7-13(20(29)10-19(16)28(31,32)33)12-40-22-9-17-18(11-34-22)24-25-23(17)27(24,25)26(35)36/h3-4,7-11,23-26,35-36H,2,5-6,12H2,1H3/t23?,24-,25+,27+/m0/s1. The highest BCUT2D eigenvalue weighted by atomic mass is 32.2. The predicted molar refractivity (Wildman–Crippen MR) is 135 cm³/mol. The molecule has 2 saturated carbocycles. The van der Waals surface area contributed by atoms with Gasteiger partial charge in [0.2, 0.25) is 5.88 Å². The summed E-state index contributed by atoms with van der Waals surface area (Å²) in [4.78, 5) is 4.19. The van der Waals surface area contributed by atoms with Crippen LogP contribution in [0.3, 0.4) is 0 Å². The maximum atomic E-state index is 15.0. The second-order valence-electron chi connectivity index (χ2n) is 10.8. The monoisotopic (exact) mass is 597 g/mol. The molecule has 0 aliphatic heterocycles. The maximum Gasteiger partial charge on any atom is 0.417 e. The molecule has 2 aromatic carbocycles. The average molecular weight is 598 g/mol. The highest BCUT2D eigenvalue weighted by Gasteiger charge is 2.93. The van der Waals surface area contributed by atoms with E-state index in [1.54, 1.807) is 12.3 Å². The van der Waals surface area contributed by atoms with Gasteiger partial charge in [0.15, 0.2) is 6.29 Å². The van der Waals surface area contributed by atoms with Crippen molar-refractivity contribution in [3.05, 3.63) is 76.5 Å². The molecule has 0 spiro atoms. The summed E-state index contributed by atoms with van der Waals surface area (Å²) in [5.41, 5.74) is -1.44. The quantitative estimate of drug-likeness (QED) is 0.201. The fourth-order valence-electron chi connectivity index (χ4n) is 6.32. The average Bonchev–Trinajstić information content (AvgIpc) is 3.67. The molecule has 2 bridgehead atoms. The number of aromatic nitrogens is 1. The minimum absolute atomic E-state index is 0.00287. The van der Waals surface area contributed by atoms with E-state index in [1.165, 1.54) is 6.07 Å². The number of benzene rings is 2. The Labute approximate surface area is 231 Å². The molecule has 4 aliphatic rings. The Morgan fingerprint density at radius 1 is 1.00 bits per heavy atom. The van der Waals surface area contributed by atoms with Gasteiger partial charge in [-0.15, -0.1) is 0 Å². The number of ether oxygens (including phenoxy) is 2. The van der Waals surface area contributed by atoms with Crippen LogP contribution in [-0.2, 0) is 22.6 Å². The van der Waals surface area contributed by atoms with Gasteiger partial charge in [-0.25, -0.2) is 22.2 Å². The molecule has 0 radical (unpaired) electrons. The van der Waals surface area contributed by atoms with Crippen LogP contribution < -0.4 is 9.47 Å². The molecule has 3 aromatic rings. The van der Waals surface area contributed by atoms with Gasteiger partial charge >= 0.3 is 6.18 Å². The van der Waals surface area contributed by atoms with Crippen LogP contribution in [0.4, 0.5) is 22.0 Å². The molecule has 13 heteroatoms. The number of alkyl halides is 3. The maximum absolute atomic E-state index is 15.0. The molecule has 2 N–H and O–H groups in total. The van der Waals surface area contributed by atoms with E-state index in [9.17, 15) is 36.2 Å². The van der Waals surface area contributed by atoms with Gasteiger partial charge in [-0.1, -0.05) is 0 Å². The molecular weight excluding hydrogens is 573 g/mol. The number of pyridine rings is 1. The zero-order valence-corrected chi connectivity index (χ0v) is 22.3. The summed E-state index contributed by atoms with van der Waals surface area (Å²) in [5.74, 6) is -2.10. The summed E-state index contributed by atoms with van der Waals surface area (Å²) in [6.45, 7) is -0.532. The second kappa shape index (κ2) is 9.36. The first-order chi connectivity index (χ1) is 19.2. The van der Waals surface area contributed by atoms with Gasteiger partial charge in [-0.3, -0.25) is 0 Å². The van der Waals surface area contributed by atoms with Crippen molar-refractivity contribution >= 4 is 9.84 Å². The number of aliphatic hydroxyl groups is 2. The van der Waals surface area contributed by atoms with Crippen molar-refractivity contribution in [2.45, 2.75) is 37.3 Å². The van der Waals surface area contributed by atoms with Crippen molar-refractivity contribution in [1.29, 1.82) is 0 Å². The van der Waals surface area contributed by atoms with E-state index in [2.05, 4.69) is 4.98 Å². The summed E-state index contributed by atoms with van der Waals surface area (Å²) in [6.07, 6.45) is -3.66. The molecule has 1 heterocycles. The van der Waals surface area contributed by atoms with E-state index in [0.717, 1.165) is 35.6 Å². The molecule has 0 amide bonds. The van der Waals surface area contributed by atoms with Crippen molar-refractivity contribution in [3.63, 3.8) is 0 Å². The molecule has 4 atom stereocenters. The molecule has 7 nitrogen and oxygen atoms in total. The lowest BCUT2D eigenvalue weighted by Gasteiger charge is -2.17. The number of sulfone groups is 1. The Kier molecular flexibility index (Phi) is 6.36. The number of aliphatic hydroxyl groups excluding tert-OH is 1. The number of hydrogen-bond acceptors (Lipinski definition) is 7. The summed E-state index contributed by atoms with van der Waals surface area (Å²) >= 11 is 0. The van der Waals surface area contributed by atoms with Crippen LogP contribution in [0.5, 0.6) is 11.6 Å². The van der Waals surface area contributed by atoms with Crippen LogP contribution in [0.25, 0.3) is 11.1 Å². The molecular formula is C28H24F5NO6S. The first-order valence-corrected chi connectivity index (χ1v) is 14.8. The first-order valence-electron chi connectivity index (χ1n) is 12.7. The highest BCUT2D eigenvalue weighted by molar-refractivity contribution is 7.90. The van der Waals surface area contributed by atoms with Crippen molar-refractivity contribution in [2.24, 2.45) is 11.3 Å². The van der Waals surface area contributed by atoms with Crippen molar-refractivity contribution in [2.75, 3.05) is 18.6 Å². The van der Waals surface area contributed by atoms with E-state index in [1.807, 2.05) is 0 Å².